The predicted octanol–water partition coefficient (Wildman–Crippen LogP) is 0.601. The molecule has 0 saturated carbocycles. The molecule has 0 radical (unpaired) electrons. The number of aliphatic hydroxyl groups is 1. The third kappa shape index (κ3) is 7.35. The number of hydrogen-bond donors (Lipinski definition) is 3. The number of aryl methyl sites for hydroxylation is 1. The van der Waals surface area contributed by atoms with E-state index in [4.69, 9.17) is 17.5 Å². The highest BCUT2D eigenvalue weighted by Crippen LogP contribution is 2.14. The summed E-state index contributed by atoms with van der Waals surface area (Å²) in [5, 5.41) is 9.51. The van der Waals surface area contributed by atoms with Gasteiger partial charge >= 0.3 is 10.4 Å². The summed E-state index contributed by atoms with van der Waals surface area (Å²) in [7, 11) is -2.78. The van der Waals surface area contributed by atoms with Crippen LogP contribution in [0.4, 0.5) is 0 Å². The third-order valence-corrected chi connectivity index (χ3v) is 1.72. The molecule has 1 rings (SSSR count). The van der Waals surface area contributed by atoms with Gasteiger partial charge in [-0.2, -0.15) is 8.42 Å². The molecule has 0 aliphatic heterocycles. The summed E-state index contributed by atoms with van der Waals surface area (Å²) in [5.74, 6) is 0.756. The summed E-state index contributed by atoms with van der Waals surface area (Å²) < 4.78 is 33.4. The Morgan fingerprint density at radius 3 is 2.31 bits per heavy atom. The van der Waals surface area contributed by atoms with E-state index in [2.05, 4.69) is 4.98 Å². The van der Waals surface area contributed by atoms with Crippen LogP contribution in [0.15, 0.2) is 12.4 Å². The minimum Gasteiger partial charge on any atom is -0.385 e. The molecule has 94 valence electrons. The Morgan fingerprint density at radius 2 is 2.00 bits per heavy atom. The van der Waals surface area contributed by atoms with Gasteiger partial charge in [0.15, 0.2) is 0 Å². The number of aliphatic hydroxyl groups excluding tert-OH is 1. The number of aromatic nitrogens is 2. The topological polar surface area (TPSA) is 113 Å². The SMILES string of the molecule is CCCC(O)c1nccn1C.O=S(=O)(O)O. The summed E-state index contributed by atoms with van der Waals surface area (Å²) in [6.45, 7) is 2.05. The molecule has 1 aromatic rings. The number of rotatable bonds is 3. The first-order chi connectivity index (χ1) is 7.25. The smallest absolute Gasteiger partial charge is 0.385 e. The van der Waals surface area contributed by atoms with Crippen molar-refractivity contribution in [3.05, 3.63) is 18.2 Å². The van der Waals surface area contributed by atoms with Crippen molar-refractivity contribution in [2.24, 2.45) is 7.05 Å². The van der Waals surface area contributed by atoms with Crippen molar-refractivity contribution in [2.45, 2.75) is 25.9 Å². The highest BCUT2D eigenvalue weighted by Gasteiger charge is 2.09. The van der Waals surface area contributed by atoms with Gasteiger partial charge in [0.05, 0.1) is 0 Å². The van der Waals surface area contributed by atoms with Gasteiger partial charge in [-0.3, -0.25) is 9.11 Å². The molecule has 0 saturated heterocycles. The van der Waals surface area contributed by atoms with Crippen LogP contribution in [0, 0.1) is 0 Å². The second kappa shape index (κ2) is 6.59. The molecule has 0 aliphatic carbocycles. The first-order valence-electron chi connectivity index (χ1n) is 4.60. The lowest BCUT2D eigenvalue weighted by Gasteiger charge is -2.07. The summed E-state index contributed by atoms with van der Waals surface area (Å²) in [6, 6.07) is 0. The van der Waals surface area contributed by atoms with Crippen molar-refractivity contribution in [2.75, 3.05) is 0 Å². The molecule has 3 N–H and O–H groups in total. The minimum atomic E-state index is -4.67. The van der Waals surface area contributed by atoms with Crippen LogP contribution in [0.2, 0.25) is 0 Å². The number of hydrogen-bond acceptors (Lipinski definition) is 4. The quantitative estimate of drug-likeness (QED) is 0.679. The van der Waals surface area contributed by atoms with E-state index in [1.165, 1.54) is 0 Å². The Balaban J connectivity index is 0.000000385. The fourth-order valence-corrected chi connectivity index (χ4v) is 1.10. The van der Waals surface area contributed by atoms with E-state index in [-0.39, 0.29) is 0 Å². The van der Waals surface area contributed by atoms with Gasteiger partial charge in [0.25, 0.3) is 0 Å². The van der Waals surface area contributed by atoms with Crippen LogP contribution >= 0.6 is 0 Å². The molecule has 1 unspecified atom stereocenters. The van der Waals surface area contributed by atoms with E-state index in [0.717, 1.165) is 18.7 Å². The lowest BCUT2D eigenvalue weighted by molar-refractivity contribution is 0.153. The molecule has 0 bridgehead atoms. The molecule has 16 heavy (non-hydrogen) atoms. The molecule has 0 aliphatic rings. The third-order valence-electron chi connectivity index (χ3n) is 1.72. The van der Waals surface area contributed by atoms with Gasteiger partial charge in [0, 0.05) is 19.4 Å². The van der Waals surface area contributed by atoms with E-state index >= 15 is 0 Å². The van der Waals surface area contributed by atoms with E-state index in [1.54, 1.807) is 6.20 Å². The van der Waals surface area contributed by atoms with Crippen molar-refractivity contribution in [1.29, 1.82) is 0 Å². The summed E-state index contributed by atoms with van der Waals surface area (Å²) in [4.78, 5) is 4.05. The van der Waals surface area contributed by atoms with Crippen LogP contribution in [-0.2, 0) is 17.4 Å². The largest absolute Gasteiger partial charge is 0.394 e. The second-order valence-corrected chi connectivity index (χ2v) is 4.04. The van der Waals surface area contributed by atoms with E-state index < -0.39 is 16.5 Å². The van der Waals surface area contributed by atoms with Crippen molar-refractivity contribution in [1.82, 2.24) is 9.55 Å². The zero-order valence-electron chi connectivity index (χ0n) is 9.11. The van der Waals surface area contributed by atoms with Gasteiger partial charge in [-0.15, -0.1) is 0 Å². The highest BCUT2D eigenvalue weighted by atomic mass is 32.3. The Morgan fingerprint density at radius 1 is 1.50 bits per heavy atom. The van der Waals surface area contributed by atoms with Crippen LogP contribution in [0.1, 0.15) is 31.7 Å². The standard InChI is InChI=1S/C8H14N2O.H2O4S/c1-3-4-7(11)8-9-5-6-10(8)2;1-5(2,3)4/h5-7,11H,3-4H2,1-2H3;(H2,1,2,3,4). The maximum Gasteiger partial charge on any atom is 0.394 e. The zero-order valence-corrected chi connectivity index (χ0v) is 9.92. The fraction of sp³-hybridized carbons (Fsp3) is 0.625. The zero-order chi connectivity index (χ0) is 12.8. The summed E-state index contributed by atoms with van der Waals surface area (Å²) in [5.41, 5.74) is 0. The van der Waals surface area contributed by atoms with E-state index in [9.17, 15) is 5.11 Å². The molecule has 0 spiro atoms. The highest BCUT2D eigenvalue weighted by molar-refractivity contribution is 7.79. The van der Waals surface area contributed by atoms with Crippen LogP contribution < -0.4 is 0 Å². The summed E-state index contributed by atoms with van der Waals surface area (Å²) in [6.07, 6.45) is 4.90. The maximum absolute atomic E-state index is 9.51. The van der Waals surface area contributed by atoms with Crippen LogP contribution in [-0.4, -0.2) is 32.2 Å². The summed E-state index contributed by atoms with van der Waals surface area (Å²) >= 11 is 0. The molecular weight excluding hydrogens is 236 g/mol. The van der Waals surface area contributed by atoms with Crippen molar-refractivity contribution < 1.29 is 22.6 Å². The first kappa shape index (κ1) is 15.0. The first-order valence-corrected chi connectivity index (χ1v) is 6.00. The van der Waals surface area contributed by atoms with Crippen molar-refractivity contribution in [3.63, 3.8) is 0 Å². The molecule has 7 nitrogen and oxygen atoms in total. The molecule has 8 heteroatoms. The van der Waals surface area contributed by atoms with Crippen LogP contribution in [0.3, 0.4) is 0 Å². The van der Waals surface area contributed by atoms with Gasteiger partial charge < -0.3 is 9.67 Å². The Bertz CT molecular complexity index is 392. The Kier molecular flexibility index (Phi) is 6.19. The van der Waals surface area contributed by atoms with E-state index in [0.29, 0.717) is 0 Å². The van der Waals surface area contributed by atoms with Crippen LogP contribution in [0.25, 0.3) is 0 Å². The lowest BCUT2D eigenvalue weighted by Crippen LogP contribution is -2.04. The van der Waals surface area contributed by atoms with Crippen molar-refractivity contribution >= 4 is 10.4 Å². The molecule has 0 amide bonds. The Labute approximate surface area is 94.3 Å². The van der Waals surface area contributed by atoms with Gasteiger partial charge in [0.1, 0.15) is 11.9 Å². The average Bonchev–Trinajstić information content (AvgIpc) is 2.48. The Hall–Kier alpha value is -0.960. The molecule has 0 aromatic carbocycles. The maximum atomic E-state index is 9.51. The fourth-order valence-electron chi connectivity index (χ4n) is 1.10. The number of nitrogens with zero attached hydrogens (tertiary/aromatic N) is 2. The lowest BCUT2D eigenvalue weighted by atomic mass is 10.2. The molecule has 0 fully saturated rings. The van der Waals surface area contributed by atoms with Crippen LogP contribution in [0.5, 0.6) is 0 Å². The molecule has 1 aromatic heterocycles. The molecular formula is C8H16N2O5S. The average molecular weight is 252 g/mol. The monoisotopic (exact) mass is 252 g/mol. The van der Waals surface area contributed by atoms with Gasteiger partial charge in [-0.1, -0.05) is 13.3 Å². The molecule has 1 heterocycles. The van der Waals surface area contributed by atoms with Gasteiger partial charge in [0.2, 0.25) is 0 Å². The number of imidazole rings is 1. The van der Waals surface area contributed by atoms with Gasteiger partial charge in [-0.25, -0.2) is 4.98 Å². The molecule has 1 atom stereocenters. The van der Waals surface area contributed by atoms with E-state index in [1.807, 2.05) is 24.7 Å². The van der Waals surface area contributed by atoms with Crippen molar-refractivity contribution in [3.8, 4) is 0 Å². The predicted molar refractivity (Wildman–Crippen MR) is 57.3 cm³/mol. The normalized spacial score (nSPS) is 12.8. The van der Waals surface area contributed by atoms with Gasteiger partial charge in [-0.05, 0) is 6.42 Å². The second-order valence-electron chi connectivity index (χ2n) is 3.15. The minimum absolute atomic E-state index is 0.403.